The Morgan fingerprint density at radius 1 is 1.18 bits per heavy atom. The molecule has 2 aromatic heterocycles. The van der Waals surface area contributed by atoms with Crippen LogP contribution in [0.15, 0.2) is 53.3 Å². The summed E-state index contributed by atoms with van der Waals surface area (Å²) in [6.45, 7) is 1.76. The molecule has 144 valence electrons. The molecular formula is C22H23N3O3. The maximum Gasteiger partial charge on any atom is 0.257 e. The Labute approximate surface area is 163 Å². The molecule has 1 N–H and O–H groups in total. The Balaban J connectivity index is 1.70. The molecule has 1 amide bonds. The number of pyridine rings is 1. The van der Waals surface area contributed by atoms with Crippen molar-refractivity contribution in [2.75, 3.05) is 7.11 Å². The second-order valence-electron chi connectivity index (χ2n) is 7.17. The lowest BCUT2D eigenvalue weighted by Gasteiger charge is -2.31. The van der Waals surface area contributed by atoms with Crippen molar-refractivity contribution in [3.63, 3.8) is 0 Å². The first-order chi connectivity index (χ1) is 13.6. The molecule has 1 saturated carbocycles. The smallest absolute Gasteiger partial charge is 0.257 e. The van der Waals surface area contributed by atoms with Gasteiger partial charge in [-0.05, 0) is 49.6 Å². The van der Waals surface area contributed by atoms with Crippen LogP contribution in [0.1, 0.15) is 47.4 Å². The first-order valence-corrected chi connectivity index (χ1v) is 9.47. The van der Waals surface area contributed by atoms with E-state index in [0.717, 1.165) is 42.6 Å². The Hall–Kier alpha value is -3.15. The molecule has 6 nitrogen and oxygen atoms in total. The maximum absolute atomic E-state index is 13.4. The van der Waals surface area contributed by atoms with Crippen molar-refractivity contribution in [3.05, 3.63) is 65.7 Å². The van der Waals surface area contributed by atoms with Gasteiger partial charge in [-0.3, -0.25) is 9.78 Å². The number of benzene rings is 1. The van der Waals surface area contributed by atoms with Crippen molar-refractivity contribution in [1.29, 1.82) is 0 Å². The van der Waals surface area contributed by atoms with Crippen molar-refractivity contribution in [2.45, 2.75) is 38.1 Å². The van der Waals surface area contributed by atoms with Crippen LogP contribution < -0.4 is 10.1 Å². The minimum absolute atomic E-state index is 0.171. The quantitative estimate of drug-likeness (QED) is 0.719. The van der Waals surface area contributed by atoms with Gasteiger partial charge in [-0.2, -0.15) is 0 Å². The van der Waals surface area contributed by atoms with E-state index in [0.29, 0.717) is 17.0 Å². The molecule has 1 aromatic carbocycles. The van der Waals surface area contributed by atoms with Gasteiger partial charge in [-0.1, -0.05) is 30.1 Å². The monoisotopic (exact) mass is 377 g/mol. The number of hydrogen-bond donors (Lipinski definition) is 1. The van der Waals surface area contributed by atoms with Gasteiger partial charge in [-0.15, -0.1) is 0 Å². The zero-order valence-corrected chi connectivity index (χ0v) is 16.1. The van der Waals surface area contributed by atoms with E-state index < -0.39 is 5.54 Å². The fourth-order valence-corrected chi connectivity index (χ4v) is 4.01. The maximum atomic E-state index is 13.4. The minimum atomic E-state index is -0.412. The minimum Gasteiger partial charge on any atom is -0.497 e. The zero-order valence-electron chi connectivity index (χ0n) is 16.1. The van der Waals surface area contributed by atoms with Crippen LogP contribution in [0.5, 0.6) is 5.75 Å². The molecule has 0 radical (unpaired) electrons. The molecule has 0 bridgehead atoms. The van der Waals surface area contributed by atoms with Gasteiger partial charge in [0.25, 0.3) is 5.91 Å². The van der Waals surface area contributed by atoms with Crippen LogP contribution in [0.2, 0.25) is 0 Å². The lowest BCUT2D eigenvalue weighted by molar-refractivity contribution is 0.0897. The summed E-state index contributed by atoms with van der Waals surface area (Å²) < 4.78 is 10.7. The third-order valence-electron chi connectivity index (χ3n) is 5.48. The van der Waals surface area contributed by atoms with Crippen LogP contribution in [0.25, 0.3) is 11.3 Å². The first kappa shape index (κ1) is 18.2. The topological polar surface area (TPSA) is 77.2 Å². The number of rotatable bonds is 5. The number of methoxy groups -OCH3 is 1. The molecule has 3 aromatic rings. The third kappa shape index (κ3) is 3.26. The number of amides is 1. The summed E-state index contributed by atoms with van der Waals surface area (Å²) in [5.41, 5.74) is 2.47. The predicted octanol–water partition coefficient (Wildman–Crippen LogP) is 4.25. The van der Waals surface area contributed by atoms with Crippen LogP contribution in [0.3, 0.4) is 0 Å². The van der Waals surface area contributed by atoms with E-state index in [4.69, 9.17) is 9.26 Å². The van der Waals surface area contributed by atoms with Gasteiger partial charge < -0.3 is 14.6 Å². The second-order valence-corrected chi connectivity index (χ2v) is 7.17. The van der Waals surface area contributed by atoms with E-state index in [1.165, 1.54) is 0 Å². The van der Waals surface area contributed by atoms with Gasteiger partial charge in [0, 0.05) is 18.0 Å². The summed E-state index contributed by atoms with van der Waals surface area (Å²) in [6, 6.07) is 11.6. The standard InChI is InChI=1S/C22H23N3O3/c1-15-19(20(25-28-15)16-8-12-23-13-9-16)21(26)24-22(10-3-4-11-22)17-6-5-7-18(14-17)27-2/h5-9,12-14H,3-4,10-11H2,1-2H3,(H,24,26). The molecule has 0 aliphatic heterocycles. The molecule has 1 aliphatic carbocycles. The van der Waals surface area contributed by atoms with Gasteiger partial charge in [0.15, 0.2) is 0 Å². The Morgan fingerprint density at radius 3 is 2.64 bits per heavy atom. The van der Waals surface area contributed by atoms with Gasteiger partial charge >= 0.3 is 0 Å². The number of carbonyl (C=O) groups is 1. The molecular weight excluding hydrogens is 354 g/mol. The SMILES string of the molecule is COc1cccc(C2(NC(=O)c3c(-c4ccncc4)noc3C)CCCC2)c1. The highest BCUT2D eigenvalue weighted by atomic mass is 16.5. The highest BCUT2D eigenvalue weighted by Crippen LogP contribution is 2.40. The predicted molar refractivity (Wildman–Crippen MR) is 105 cm³/mol. The second kappa shape index (κ2) is 7.46. The van der Waals surface area contributed by atoms with Crippen LogP contribution in [-0.4, -0.2) is 23.2 Å². The van der Waals surface area contributed by atoms with E-state index >= 15 is 0 Å². The molecule has 4 rings (SSSR count). The van der Waals surface area contributed by atoms with Crippen molar-refractivity contribution < 1.29 is 14.1 Å². The van der Waals surface area contributed by atoms with Crippen molar-refractivity contribution in [2.24, 2.45) is 0 Å². The summed E-state index contributed by atoms with van der Waals surface area (Å²) in [4.78, 5) is 17.4. The highest BCUT2D eigenvalue weighted by Gasteiger charge is 2.38. The average Bonchev–Trinajstić information content (AvgIpc) is 3.36. The average molecular weight is 377 g/mol. The summed E-state index contributed by atoms with van der Waals surface area (Å²) >= 11 is 0. The molecule has 28 heavy (non-hydrogen) atoms. The Bertz CT molecular complexity index is 976. The van der Waals surface area contributed by atoms with Crippen molar-refractivity contribution in [1.82, 2.24) is 15.5 Å². The van der Waals surface area contributed by atoms with E-state index in [1.807, 2.05) is 30.3 Å². The number of aryl methyl sites for hydroxylation is 1. The fourth-order valence-electron chi connectivity index (χ4n) is 4.01. The number of ether oxygens (including phenoxy) is 1. The van der Waals surface area contributed by atoms with Crippen molar-refractivity contribution in [3.8, 4) is 17.0 Å². The zero-order chi connectivity index (χ0) is 19.6. The van der Waals surface area contributed by atoms with Crippen LogP contribution in [0, 0.1) is 6.92 Å². The van der Waals surface area contributed by atoms with Gasteiger partial charge in [0.05, 0.1) is 12.6 Å². The van der Waals surface area contributed by atoms with E-state index in [2.05, 4.69) is 21.5 Å². The van der Waals surface area contributed by atoms with Gasteiger partial charge in [0.1, 0.15) is 22.8 Å². The van der Waals surface area contributed by atoms with Gasteiger partial charge in [0.2, 0.25) is 0 Å². The molecule has 0 saturated heterocycles. The molecule has 0 atom stereocenters. The van der Waals surface area contributed by atoms with E-state index in [1.54, 1.807) is 26.4 Å². The van der Waals surface area contributed by atoms with Crippen LogP contribution in [0.4, 0.5) is 0 Å². The number of nitrogens with zero attached hydrogens (tertiary/aromatic N) is 2. The number of aromatic nitrogens is 2. The molecule has 6 heteroatoms. The summed E-state index contributed by atoms with van der Waals surface area (Å²) in [5, 5.41) is 7.42. The Kier molecular flexibility index (Phi) is 4.86. The van der Waals surface area contributed by atoms with Crippen LogP contribution >= 0.6 is 0 Å². The number of hydrogen-bond acceptors (Lipinski definition) is 5. The normalized spacial score (nSPS) is 15.4. The third-order valence-corrected chi connectivity index (χ3v) is 5.48. The molecule has 1 fully saturated rings. The first-order valence-electron chi connectivity index (χ1n) is 9.47. The number of nitrogens with one attached hydrogen (secondary N) is 1. The number of carbonyl (C=O) groups excluding carboxylic acids is 1. The fraction of sp³-hybridized carbons (Fsp3) is 0.318. The lowest BCUT2D eigenvalue weighted by atomic mass is 9.87. The molecule has 1 aliphatic rings. The molecule has 0 spiro atoms. The molecule has 0 unspecified atom stereocenters. The van der Waals surface area contributed by atoms with Gasteiger partial charge in [-0.25, -0.2) is 0 Å². The summed E-state index contributed by atoms with van der Waals surface area (Å²) in [6.07, 6.45) is 7.27. The molecule has 2 heterocycles. The van der Waals surface area contributed by atoms with E-state index in [-0.39, 0.29) is 5.91 Å². The van der Waals surface area contributed by atoms with Crippen molar-refractivity contribution >= 4 is 5.91 Å². The highest BCUT2D eigenvalue weighted by molar-refractivity contribution is 6.01. The summed E-state index contributed by atoms with van der Waals surface area (Å²) in [5.74, 6) is 1.12. The van der Waals surface area contributed by atoms with E-state index in [9.17, 15) is 4.79 Å². The van der Waals surface area contributed by atoms with Crippen LogP contribution in [-0.2, 0) is 5.54 Å². The summed E-state index contributed by atoms with van der Waals surface area (Å²) in [7, 11) is 1.65. The Morgan fingerprint density at radius 2 is 1.93 bits per heavy atom. The lowest BCUT2D eigenvalue weighted by Crippen LogP contribution is -2.44. The largest absolute Gasteiger partial charge is 0.497 e.